The fraction of sp³-hybridized carbons (Fsp3) is 0.318. The van der Waals surface area contributed by atoms with Crippen LogP contribution in [0.25, 0.3) is 10.2 Å². The van der Waals surface area contributed by atoms with Gasteiger partial charge in [0, 0.05) is 12.2 Å². The van der Waals surface area contributed by atoms with E-state index in [0.717, 1.165) is 35.7 Å². The van der Waals surface area contributed by atoms with Crippen molar-refractivity contribution in [3.63, 3.8) is 0 Å². The molecule has 0 amide bonds. The number of aromatic nitrogens is 1. The molecule has 150 valence electrons. The second-order valence-corrected chi connectivity index (χ2v) is 9.51. The van der Waals surface area contributed by atoms with Gasteiger partial charge in [0.1, 0.15) is 6.04 Å². The number of rotatable bonds is 7. The molecule has 0 unspecified atom stereocenters. The Labute approximate surface area is 179 Å². The van der Waals surface area contributed by atoms with Gasteiger partial charge in [0.25, 0.3) is 0 Å². The zero-order chi connectivity index (χ0) is 20.2. The first-order valence-electron chi connectivity index (χ1n) is 9.82. The van der Waals surface area contributed by atoms with Crippen LogP contribution in [0.2, 0.25) is 0 Å². The predicted octanol–water partition coefficient (Wildman–Crippen LogP) is 5.41. The summed E-state index contributed by atoms with van der Waals surface area (Å²) in [4.78, 5) is 21.2. The van der Waals surface area contributed by atoms with Crippen molar-refractivity contribution in [2.24, 2.45) is 10.9 Å². The highest BCUT2D eigenvalue weighted by molar-refractivity contribution is 8.27. The summed E-state index contributed by atoms with van der Waals surface area (Å²) >= 11 is 2.89. The molecule has 0 saturated heterocycles. The van der Waals surface area contributed by atoms with Crippen molar-refractivity contribution < 1.29 is 4.79 Å². The van der Waals surface area contributed by atoms with E-state index in [1.54, 1.807) is 11.3 Å². The molecule has 2 N–H and O–H groups in total. The largest absolute Gasteiger partial charge is 0.361 e. The third kappa shape index (κ3) is 5.16. The van der Waals surface area contributed by atoms with Crippen LogP contribution in [-0.4, -0.2) is 27.9 Å². The first kappa shape index (κ1) is 19.9. The molecule has 2 heterocycles. The number of amidine groups is 1. The van der Waals surface area contributed by atoms with E-state index in [1.807, 2.05) is 30.3 Å². The molecule has 2 aromatic carbocycles. The zero-order valence-corrected chi connectivity index (χ0v) is 18.1. The summed E-state index contributed by atoms with van der Waals surface area (Å²) in [5, 5.41) is 8.48. The number of thiazole rings is 1. The summed E-state index contributed by atoms with van der Waals surface area (Å²) in [6.07, 6.45) is 1.72. The smallest absolute Gasteiger partial charge is 0.221 e. The van der Waals surface area contributed by atoms with E-state index in [1.165, 1.54) is 22.0 Å². The summed E-state index contributed by atoms with van der Waals surface area (Å²) in [5.74, 6) is 0.461. The van der Waals surface area contributed by atoms with Gasteiger partial charge in [-0.05, 0) is 60.4 Å². The minimum Gasteiger partial charge on any atom is -0.361 e. The number of aliphatic imine (C=N–C) groups is 1. The van der Waals surface area contributed by atoms with E-state index in [0.29, 0.717) is 11.1 Å². The van der Waals surface area contributed by atoms with Gasteiger partial charge < -0.3 is 10.6 Å². The third-order valence-corrected chi connectivity index (χ3v) is 6.49. The van der Waals surface area contributed by atoms with E-state index in [2.05, 4.69) is 52.7 Å². The van der Waals surface area contributed by atoms with E-state index in [9.17, 15) is 4.79 Å². The number of nitrogens with one attached hydrogen (secondary N) is 2. The third-order valence-electron chi connectivity index (χ3n) is 4.63. The molecule has 3 aromatic rings. The minimum atomic E-state index is -0.213. The lowest BCUT2D eigenvalue weighted by Crippen LogP contribution is -2.13. The summed E-state index contributed by atoms with van der Waals surface area (Å²) in [7, 11) is 0. The van der Waals surface area contributed by atoms with Crippen molar-refractivity contribution in [1.29, 1.82) is 0 Å². The standard InChI is InChI=1S/C22H24N4OS2/c1-14(2)13-18-20(27)29-22(26-18)24-16-9-7-15(8-10-16)11-12-23-21-25-17-5-3-4-6-19(17)28-21/h3-10,14,18H,11-13H2,1-2H3,(H,23,25)(H,24,26)/t18-/m0/s1. The van der Waals surface area contributed by atoms with Crippen molar-refractivity contribution in [2.45, 2.75) is 32.7 Å². The van der Waals surface area contributed by atoms with Crippen molar-refractivity contribution in [1.82, 2.24) is 4.98 Å². The Morgan fingerprint density at radius 1 is 1.10 bits per heavy atom. The highest BCUT2D eigenvalue weighted by Crippen LogP contribution is 2.27. The van der Waals surface area contributed by atoms with Crippen molar-refractivity contribution in [3.8, 4) is 0 Å². The number of benzene rings is 2. The topological polar surface area (TPSA) is 66.4 Å². The SMILES string of the molecule is CC(C)C[C@@H]1N=C(Nc2ccc(CCNc3nc4ccccc4s3)cc2)SC1=O. The van der Waals surface area contributed by atoms with Crippen LogP contribution >= 0.6 is 23.1 Å². The van der Waals surface area contributed by atoms with E-state index in [4.69, 9.17) is 0 Å². The molecule has 0 spiro atoms. The number of anilines is 2. The number of thioether (sulfide) groups is 1. The number of fused-ring (bicyclic) bond motifs is 1. The Morgan fingerprint density at radius 3 is 2.66 bits per heavy atom. The van der Waals surface area contributed by atoms with E-state index in [-0.39, 0.29) is 11.2 Å². The molecule has 0 bridgehead atoms. The summed E-state index contributed by atoms with van der Waals surface area (Å²) < 4.78 is 1.20. The molecule has 5 nitrogen and oxygen atoms in total. The Hall–Kier alpha value is -2.38. The molecule has 29 heavy (non-hydrogen) atoms. The first-order valence-corrected chi connectivity index (χ1v) is 11.4. The Bertz CT molecular complexity index is 994. The summed E-state index contributed by atoms with van der Waals surface area (Å²) in [6.45, 7) is 5.06. The summed E-state index contributed by atoms with van der Waals surface area (Å²) in [5.41, 5.74) is 3.24. The fourth-order valence-electron chi connectivity index (χ4n) is 3.18. The van der Waals surface area contributed by atoms with Crippen LogP contribution in [0.15, 0.2) is 53.5 Å². The number of nitrogens with zero attached hydrogens (tertiary/aromatic N) is 2. The Kier molecular flexibility index (Phi) is 6.16. The second kappa shape index (κ2) is 8.97. The predicted molar refractivity (Wildman–Crippen MR) is 125 cm³/mol. The quantitative estimate of drug-likeness (QED) is 0.531. The number of carbonyl (C=O) groups excluding carboxylic acids is 1. The lowest BCUT2D eigenvalue weighted by atomic mass is 10.1. The molecule has 0 aliphatic carbocycles. The van der Waals surface area contributed by atoms with Crippen LogP contribution in [0.1, 0.15) is 25.8 Å². The Morgan fingerprint density at radius 2 is 1.90 bits per heavy atom. The molecule has 1 aliphatic rings. The lowest BCUT2D eigenvalue weighted by Gasteiger charge is -2.07. The van der Waals surface area contributed by atoms with Crippen molar-refractivity contribution in [2.75, 3.05) is 17.2 Å². The maximum Gasteiger partial charge on any atom is 0.221 e. The van der Waals surface area contributed by atoms with Crippen LogP contribution in [0.3, 0.4) is 0 Å². The van der Waals surface area contributed by atoms with Gasteiger partial charge >= 0.3 is 0 Å². The molecule has 1 aliphatic heterocycles. The molecule has 7 heteroatoms. The van der Waals surface area contributed by atoms with E-state index >= 15 is 0 Å². The number of hydrogen-bond donors (Lipinski definition) is 2. The average Bonchev–Trinajstić information content (AvgIpc) is 3.25. The van der Waals surface area contributed by atoms with Crippen LogP contribution in [0.4, 0.5) is 10.8 Å². The molecule has 0 fully saturated rings. The number of para-hydroxylation sites is 1. The second-order valence-electron chi connectivity index (χ2n) is 7.49. The van der Waals surface area contributed by atoms with Crippen LogP contribution in [0.5, 0.6) is 0 Å². The van der Waals surface area contributed by atoms with Gasteiger partial charge in [0.15, 0.2) is 10.3 Å². The van der Waals surface area contributed by atoms with Gasteiger partial charge in [-0.2, -0.15) is 0 Å². The first-order chi connectivity index (χ1) is 14.1. The molecule has 1 atom stereocenters. The highest BCUT2D eigenvalue weighted by Gasteiger charge is 2.28. The molecule has 4 rings (SSSR count). The van der Waals surface area contributed by atoms with Gasteiger partial charge in [0.05, 0.1) is 10.2 Å². The monoisotopic (exact) mass is 424 g/mol. The van der Waals surface area contributed by atoms with Gasteiger partial charge in [-0.25, -0.2) is 9.98 Å². The number of carbonyl (C=O) groups is 1. The van der Waals surface area contributed by atoms with Gasteiger partial charge in [-0.3, -0.25) is 4.79 Å². The zero-order valence-electron chi connectivity index (χ0n) is 16.5. The minimum absolute atomic E-state index is 0.138. The van der Waals surface area contributed by atoms with Crippen LogP contribution < -0.4 is 10.6 Å². The van der Waals surface area contributed by atoms with Gasteiger partial charge in [-0.15, -0.1) is 0 Å². The van der Waals surface area contributed by atoms with Crippen LogP contribution in [0, 0.1) is 5.92 Å². The molecular formula is C22H24N4OS2. The average molecular weight is 425 g/mol. The molecule has 0 radical (unpaired) electrons. The summed E-state index contributed by atoms with van der Waals surface area (Å²) in [6, 6.07) is 16.3. The number of hydrogen-bond acceptors (Lipinski definition) is 7. The molecular weight excluding hydrogens is 400 g/mol. The van der Waals surface area contributed by atoms with Gasteiger partial charge in [0.2, 0.25) is 5.12 Å². The maximum atomic E-state index is 12.1. The van der Waals surface area contributed by atoms with Crippen LogP contribution in [-0.2, 0) is 11.2 Å². The lowest BCUT2D eigenvalue weighted by molar-refractivity contribution is -0.112. The maximum absolute atomic E-state index is 12.1. The Balaban J connectivity index is 1.28. The van der Waals surface area contributed by atoms with Crippen molar-refractivity contribution in [3.05, 3.63) is 54.1 Å². The van der Waals surface area contributed by atoms with Gasteiger partial charge in [-0.1, -0.05) is 49.4 Å². The fourth-order valence-corrected chi connectivity index (χ4v) is 4.89. The molecule has 1 aromatic heterocycles. The normalized spacial score (nSPS) is 16.4. The van der Waals surface area contributed by atoms with E-state index < -0.39 is 0 Å². The molecule has 0 saturated carbocycles. The van der Waals surface area contributed by atoms with Crippen molar-refractivity contribution >= 4 is 54.4 Å². The highest BCUT2D eigenvalue weighted by atomic mass is 32.2.